The van der Waals surface area contributed by atoms with Gasteiger partial charge in [-0.1, -0.05) is 18.2 Å². The zero-order chi connectivity index (χ0) is 11.2. The van der Waals surface area contributed by atoms with Crippen molar-refractivity contribution in [2.45, 2.75) is 0 Å². The number of rotatable bonds is 5. The van der Waals surface area contributed by atoms with E-state index >= 15 is 0 Å². The number of para-hydroxylation sites is 1. The Balaban J connectivity index is 1.69. The van der Waals surface area contributed by atoms with Crippen LogP contribution in [-0.4, -0.2) is 22.9 Å². The van der Waals surface area contributed by atoms with Crippen LogP contribution in [0.5, 0.6) is 0 Å². The molecule has 0 atom stereocenters. The molecule has 2 aromatic rings. The van der Waals surface area contributed by atoms with Crippen molar-refractivity contribution in [2.75, 3.05) is 23.7 Å². The van der Waals surface area contributed by atoms with Crippen molar-refractivity contribution in [1.29, 1.82) is 0 Å². The fourth-order valence-electron chi connectivity index (χ4n) is 1.48. The maximum atomic E-state index is 4.09. The number of hydrogen-bond donors (Lipinski definition) is 2. The summed E-state index contributed by atoms with van der Waals surface area (Å²) < 4.78 is 1.78. The summed E-state index contributed by atoms with van der Waals surface area (Å²) in [6.07, 6.45) is 3.78. The molecule has 0 radical (unpaired) electrons. The van der Waals surface area contributed by atoms with Gasteiger partial charge < -0.3 is 10.6 Å². The number of aromatic nitrogens is 2. The third-order valence-corrected chi connectivity index (χ3v) is 2.26. The second-order valence-electron chi connectivity index (χ2n) is 3.62. The lowest BCUT2D eigenvalue weighted by Gasteiger charge is -2.06. The van der Waals surface area contributed by atoms with Crippen LogP contribution in [0.15, 0.2) is 42.7 Å². The van der Waals surface area contributed by atoms with E-state index in [-0.39, 0.29) is 0 Å². The standard InChI is InChI=1S/C12H16N4/c1-16-10-12(9-15-16)14-8-7-13-11-5-3-2-4-6-11/h2-6,9-10,13-14H,7-8H2,1H3. The molecule has 0 aliphatic rings. The van der Waals surface area contributed by atoms with Crippen LogP contribution in [0.3, 0.4) is 0 Å². The molecule has 2 rings (SSSR count). The molecule has 0 amide bonds. The van der Waals surface area contributed by atoms with Gasteiger partial charge in [-0.2, -0.15) is 5.10 Å². The van der Waals surface area contributed by atoms with E-state index in [4.69, 9.17) is 0 Å². The second-order valence-corrected chi connectivity index (χ2v) is 3.62. The molecule has 0 unspecified atom stereocenters. The fourth-order valence-corrected chi connectivity index (χ4v) is 1.48. The van der Waals surface area contributed by atoms with Crippen molar-refractivity contribution >= 4 is 11.4 Å². The van der Waals surface area contributed by atoms with Gasteiger partial charge in [0.05, 0.1) is 11.9 Å². The smallest absolute Gasteiger partial charge is 0.0726 e. The van der Waals surface area contributed by atoms with Crippen LogP contribution in [0.1, 0.15) is 0 Å². The van der Waals surface area contributed by atoms with Gasteiger partial charge in [-0.15, -0.1) is 0 Å². The lowest BCUT2D eigenvalue weighted by atomic mass is 10.3. The number of nitrogens with one attached hydrogen (secondary N) is 2. The highest BCUT2D eigenvalue weighted by atomic mass is 15.3. The molecule has 0 spiro atoms. The van der Waals surface area contributed by atoms with Crippen LogP contribution in [0.2, 0.25) is 0 Å². The normalized spacial score (nSPS) is 10.1. The molecule has 4 heteroatoms. The van der Waals surface area contributed by atoms with Crippen LogP contribution in [0.4, 0.5) is 11.4 Å². The summed E-state index contributed by atoms with van der Waals surface area (Å²) in [5.41, 5.74) is 2.20. The first kappa shape index (κ1) is 10.5. The Bertz CT molecular complexity index is 422. The minimum atomic E-state index is 0.876. The van der Waals surface area contributed by atoms with Crippen molar-refractivity contribution in [3.8, 4) is 0 Å². The number of anilines is 2. The third kappa shape index (κ3) is 3.02. The van der Waals surface area contributed by atoms with E-state index in [0.29, 0.717) is 0 Å². The topological polar surface area (TPSA) is 41.9 Å². The minimum Gasteiger partial charge on any atom is -0.383 e. The van der Waals surface area contributed by atoms with Crippen molar-refractivity contribution in [3.63, 3.8) is 0 Å². The minimum absolute atomic E-state index is 0.876. The lowest BCUT2D eigenvalue weighted by Crippen LogP contribution is -2.13. The Hall–Kier alpha value is -1.97. The van der Waals surface area contributed by atoms with E-state index in [2.05, 4.69) is 27.9 Å². The van der Waals surface area contributed by atoms with E-state index in [1.807, 2.05) is 37.6 Å². The monoisotopic (exact) mass is 216 g/mol. The molecule has 2 N–H and O–H groups in total. The molecule has 16 heavy (non-hydrogen) atoms. The Kier molecular flexibility index (Phi) is 3.43. The van der Waals surface area contributed by atoms with Gasteiger partial charge >= 0.3 is 0 Å². The highest BCUT2D eigenvalue weighted by molar-refractivity contribution is 5.43. The van der Waals surface area contributed by atoms with Gasteiger partial charge in [0.15, 0.2) is 0 Å². The number of nitrogens with zero attached hydrogens (tertiary/aromatic N) is 2. The summed E-state index contributed by atoms with van der Waals surface area (Å²) >= 11 is 0. The van der Waals surface area contributed by atoms with Crippen molar-refractivity contribution in [1.82, 2.24) is 9.78 Å². The first-order chi connectivity index (χ1) is 7.84. The molecule has 1 aromatic heterocycles. The number of hydrogen-bond acceptors (Lipinski definition) is 3. The molecule has 0 bridgehead atoms. The SMILES string of the molecule is Cn1cc(NCCNc2ccccc2)cn1. The van der Waals surface area contributed by atoms with Crippen molar-refractivity contribution in [2.24, 2.45) is 7.05 Å². The van der Waals surface area contributed by atoms with Crippen LogP contribution in [0.25, 0.3) is 0 Å². The average molecular weight is 216 g/mol. The van der Waals surface area contributed by atoms with Crippen molar-refractivity contribution in [3.05, 3.63) is 42.7 Å². The molecular weight excluding hydrogens is 200 g/mol. The number of aryl methyl sites for hydroxylation is 1. The van der Waals surface area contributed by atoms with E-state index in [0.717, 1.165) is 24.5 Å². The summed E-state index contributed by atoms with van der Waals surface area (Å²) in [5.74, 6) is 0. The molecule has 0 saturated heterocycles. The Morgan fingerprint density at radius 3 is 2.38 bits per heavy atom. The van der Waals surface area contributed by atoms with Crippen LogP contribution >= 0.6 is 0 Å². The van der Waals surface area contributed by atoms with E-state index < -0.39 is 0 Å². The predicted molar refractivity (Wildman–Crippen MR) is 66.6 cm³/mol. The lowest BCUT2D eigenvalue weighted by molar-refractivity contribution is 0.768. The van der Waals surface area contributed by atoms with E-state index in [9.17, 15) is 0 Å². The molecule has 4 nitrogen and oxygen atoms in total. The largest absolute Gasteiger partial charge is 0.383 e. The molecule has 0 aliphatic carbocycles. The molecule has 0 saturated carbocycles. The van der Waals surface area contributed by atoms with Crippen molar-refractivity contribution < 1.29 is 0 Å². The maximum Gasteiger partial charge on any atom is 0.0726 e. The highest BCUT2D eigenvalue weighted by Crippen LogP contribution is 2.05. The highest BCUT2D eigenvalue weighted by Gasteiger charge is 1.93. The average Bonchev–Trinajstić information content (AvgIpc) is 2.72. The van der Waals surface area contributed by atoms with Gasteiger partial charge in [-0.3, -0.25) is 4.68 Å². The number of benzene rings is 1. The van der Waals surface area contributed by atoms with E-state index in [1.165, 1.54) is 0 Å². The summed E-state index contributed by atoms with van der Waals surface area (Å²) in [6, 6.07) is 10.2. The molecule has 1 heterocycles. The fraction of sp³-hybridized carbons (Fsp3) is 0.250. The molecule has 0 aliphatic heterocycles. The van der Waals surface area contributed by atoms with E-state index in [1.54, 1.807) is 4.68 Å². The summed E-state index contributed by atoms with van der Waals surface area (Å²) in [4.78, 5) is 0. The maximum absolute atomic E-state index is 4.09. The summed E-state index contributed by atoms with van der Waals surface area (Å²) in [5, 5.41) is 10.7. The first-order valence-electron chi connectivity index (χ1n) is 5.36. The Morgan fingerprint density at radius 1 is 1.06 bits per heavy atom. The van der Waals surface area contributed by atoms with Gasteiger partial charge in [0.2, 0.25) is 0 Å². The van der Waals surface area contributed by atoms with Crippen LogP contribution in [-0.2, 0) is 7.05 Å². The molecule has 84 valence electrons. The Morgan fingerprint density at radius 2 is 1.75 bits per heavy atom. The first-order valence-corrected chi connectivity index (χ1v) is 5.36. The summed E-state index contributed by atoms with van der Waals surface area (Å²) in [7, 11) is 1.91. The zero-order valence-electron chi connectivity index (χ0n) is 9.35. The quantitative estimate of drug-likeness (QED) is 0.751. The second kappa shape index (κ2) is 5.21. The van der Waals surface area contributed by atoms with Gasteiger partial charge in [-0.25, -0.2) is 0 Å². The summed E-state index contributed by atoms with van der Waals surface area (Å²) in [6.45, 7) is 1.76. The van der Waals surface area contributed by atoms with Gasteiger partial charge in [-0.05, 0) is 12.1 Å². The van der Waals surface area contributed by atoms with Gasteiger partial charge in [0.1, 0.15) is 0 Å². The van der Waals surface area contributed by atoms with Crippen LogP contribution < -0.4 is 10.6 Å². The molecule has 1 aromatic carbocycles. The predicted octanol–water partition coefficient (Wildman–Crippen LogP) is 1.94. The van der Waals surface area contributed by atoms with Crippen LogP contribution in [0, 0.1) is 0 Å². The van der Waals surface area contributed by atoms with Gasteiger partial charge in [0, 0.05) is 32.0 Å². The third-order valence-electron chi connectivity index (χ3n) is 2.26. The van der Waals surface area contributed by atoms with Gasteiger partial charge in [0.25, 0.3) is 0 Å². The molecular formula is C12H16N4. The zero-order valence-corrected chi connectivity index (χ0v) is 9.35. The molecule has 0 fully saturated rings. The Labute approximate surface area is 95.3 Å².